The maximum absolute atomic E-state index is 11.8. The molecule has 1 aliphatic heterocycles. The fourth-order valence-corrected chi connectivity index (χ4v) is 3.42. The zero-order valence-electron chi connectivity index (χ0n) is 17.3. The van der Waals surface area contributed by atoms with Gasteiger partial charge in [0.25, 0.3) is 5.91 Å². The van der Waals surface area contributed by atoms with Crippen molar-refractivity contribution in [3.63, 3.8) is 0 Å². The Bertz CT molecular complexity index is 815. The summed E-state index contributed by atoms with van der Waals surface area (Å²) in [6.07, 6.45) is 2.64. The van der Waals surface area contributed by atoms with Gasteiger partial charge in [-0.2, -0.15) is 0 Å². The molecule has 1 saturated heterocycles. The van der Waals surface area contributed by atoms with Gasteiger partial charge in [-0.25, -0.2) is 4.98 Å². The highest BCUT2D eigenvalue weighted by atomic mass is 16.1. The van der Waals surface area contributed by atoms with Crippen molar-refractivity contribution in [2.75, 3.05) is 51.2 Å². The highest BCUT2D eigenvalue weighted by Gasteiger charge is 2.20. The SMILES string of the molecule is CCNC(=NCCc1cccc(C(=O)NC)c1)N1CCN(c2ccccn2)CC1. The summed E-state index contributed by atoms with van der Waals surface area (Å²) in [6, 6.07) is 13.8. The quantitative estimate of drug-likeness (QED) is 0.577. The number of benzene rings is 1. The summed E-state index contributed by atoms with van der Waals surface area (Å²) < 4.78 is 0. The van der Waals surface area contributed by atoms with Crippen molar-refractivity contribution in [3.8, 4) is 0 Å². The van der Waals surface area contributed by atoms with Crippen LogP contribution in [0.25, 0.3) is 0 Å². The molecular formula is C22H30N6O. The molecular weight excluding hydrogens is 364 g/mol. The van der Waals surface area contributed by atoms with E-state index in [0.29, 0.717) is 12.1 Å². The topological polar surface area (TPSA) is 72.9 Å². The number of hydrogen-bond donors (Lipinski definition) is 2. The van der Waals surface area contributed by atoms with Crippen molar-refractivity contribution >= 4 is 17.7 Å². The van der Waals surface area contributed by atoms with Crippen molar-refractivity contribution in [2.45, 2.75) is 13.3 Å². The Labute approximate surface area is 172 Å². The molecule has 154 valence electrons. The largest absolute Gasteiger partial charge is 0.357 e. The molecule has 0 radical (unpaired) electrons. The van der Waals surface area contributed by atoms with E-state index >= 15 is 0 Å². The van der Waals surface area contributed by atoms with Gasteiger partial charge in [-0.15, -0.1) is 0 Å². The summed E-state index contributed by atoms with van der Waals surface area (Å²) in [4.78, 5) is 25.7. The normalized spacial score (nSPS) is 14.6. The van der Waals surface area contributed by atoms with Crippen molar-refractivity contribution < 1.29 is 4.79 Å². The Hall–Kier alpha value is -3.09. The Morgan fingerprint density at radius 1 is 1.14 bits per heavy atom. The van der Waals surface area contributed by atoms with Crippen LogP contribution in [0.1, 0.15) is 22.8 Å². The summed E-state index contributed by atoms with van der Waals surface area (Å²) in [6.45, 7) is 7.28. The lowest BCUT2D eigenvalue weighted by Gasteiger charge is -2.37. The van der Waals surface area contributed by atoms with Gasteiger partial charge in [0.2, 0.25) is 0 Å². The van der Waals surface area contributed by atoms with Crippen molar-refractivity contribution in [1.82, 2.24) is 20.5 Å². The van der Waals surface area contributed by atoms with E-state index in [9.17, 15) is 4.79 Å². The molecule has 29 heavy (non-hydrogen) atoms. The van der Waals surface area contributed by atoms with E-state index < -0.39 is 0 Å². The second-order valence-corrected chi connectivity index (χ2v) is 6.93. The fourth-order valence-electron chi connectivity index (χ4n) is 3.42. The van der Waals surface area contributed by atoms with Crippen LogP contribution in [-0.4, -0.2) is 68.1 Å². The molecule has 7 nitrogen and oxygen atoms in total. The maximum Gasteiger partial charge on any atom is 0.251 e. The van der Waals surface area contributed by atoms with Gasteiger partial charge in [0.1, 0.15) is 5.82 Å². The Morgan fingerprint density at radius 2 is 1.97 bits per heavy atom. The lowest BCUT2D eigenvalue weighted by atomic mass is 10.1. The maximum atomic E-state index is 11.8. The van der Waals surface area contributed by atoms with Crippen LogP contribution >= 0.6 is 0 Å². The molecule has 0 aliphatic carbocycles. The van der Waals surface area contributed by atoms with E-state index in [1.807, 2.05) is 42.6 Å². The third-order valence-corrected chi connectivity index (χ3v) is 4.97. The second kappa shape index (κ2) is 10.5. The zero-order valence-corrected chi connectivity index (χ0v) is 17.3. The number of amides is 1. The smallest absolute Gasteiger partial charge is 0.251 e. The van der Waals surface area contributed by atoms with Crippen LogP contribution in [0.2, 0.25) is 0 Å². The summed E-state index contributed by atoms with van der Waals surface area (Å²) in [5, 5.41) is 6.08. The van der Waals surface area contributed by atoms with E-state index in [1.54, 1.807) is 7.05 Å². The molecule has 0 bridgehead atoms. The number of nitrogens with zero attached hydrogens (tertiary/aromatic N) is 4. The lowest BCUT2D eigenvalue weighted by Crippen LogP contribution is -2.52. The van der Waals surface area contributed by atoms with Gasteiger partial charge in [0.05, 0.1) is 0 Å². The van der Waals surface area contributed by atoms with Crippen LogP contribution in [-0.2, 0) is 6.42 Å². The Balaban J connectivity index is 1.57. The predicted molar refractivity (Wildman–Crippen MR) is 118 cm³/mol. The minimum atomic E-state index is -0.0607. The number of anilines is 1. The molecule has 2 aromatic rings. The standard InChI is InChI=1S/C22H30N6O/c1-3-24-22(26-12-10-18-7-6-8-19(17-18)21(29)23-2)28-15-13-27(14-16-28)20-9-4-5-11-25-20/h4-9,11,17H,3,10,12-16H2,1-2H3,(H,23,29)(H,24,26). The summed E-state index contributed by atoms with van der Waals surface area (Å²) in [5.74, 6) is 1.93. The first-order valence-electron chi connectivity index (χ1n) is 10.2. The summed E-state index contributed by atoms with van der Waals surface area (Å²) in [7, 11) is 1.65. The Morgan fingerprint density at radius 3 is 2.66 bits per heavy atom. The van der Waals surface area contributed by atoms with Crippen molar-refractivity contribution in [3.05, 3.63) is 59.8 Å². The number of hydrogen-bond acceptors (Lipinski definition) is 4. The van der Waals surface area contributed by atoms with Gasteiger partial charge >= 0.3 is 0 Å². The van der Waals surface area contributed by atoms with Crippen molar-refractivity contribution in [2.24, 2.45) is 4.99 Å². The number of carbonyl (C=O) groups is 1. The molecule has 2 heterocycles. The number of guanidine groups is 1. The third kappa shape index (κ3) is 5.70. The molecule has 1 aromatic carbocycles. The predicted octanol–water partition coefficient (Wildman–Crippen LogP) is 1.77. The van der Waals surface area contributed by atoms with Gasteiger partial charge in [0.15, 0.2) is 5.96 Å². The number of carbonyl (C=O) groups excluding carboxylic acids is 1. The third-order valence-electron chi connectivity index (χ3n) is 4.97. The lowest BCUT2D eigenvalue weighted by molar-refractivity contribution is 0.0963. The van der Waals surface area contributed by atoms with Gasteiger partial charge < -0.3 is 20.4 Å². The molecule has 1 amide bonds. The average Bonchev–Trinajstić information content (AvgIpc) is 2.79. The van der Waals surface area contributed by atoms with Crippen LogP contribution < -0.4 is 15.5 Å². The van der Waals surface area contributed by atoms with Gasteiger partial charge in [-0.3, -0.25) is 9.79 Å². The van der Waals surface area contributed by atoms with E-state index in [1.165, 1.54) is 0 Å². The minimum absolute atomic E-state index is 0.0607. The van der Waals surface area contributed by atoms with Crippen LogP contribution in [0, 0.1) is 0 Å². The van der Waals surface area contributed by atoms with Gasteiger partial charge in [-0.1, -0.05) is 18.2 Å². The number of aromatic nitrogens is 1. The first kappa shape index (κ1) is 20.6. The zero-order chi connectivity index (χ0) is 20.5. The molecule has 2 N–H and O–H groups in total. The molecule has 0 unspecified atom stereocenters. The number of nitrogens with one attached hydrogen (secondary N) is 2. The fraction of sp³-hybridized carbons (Fsp3) is 0.409. The molecule has 0 spiro atoms. The van der Waals surface area contributed by atoms with Gasteiger partial charge in [0, 0.05) is 58.1 Å². The molecule has 1 aromatic heterocycles. The molecule has 7 heteroatoms. The summed E-state index contributed by atoms with van der Waals surface area (Å²) in [5.41, 5.74) is 1.80. The van der Waals surface area contributed by atoms with E-state index in [4.69, 9.17) is 4.99 Å². The molecule has 3 rings (SSSR count). The van der Waals surface area contributed by atoms with Crippen LogP contribution in [0.5, 0.6) is 0 Å². The van der Waals surface area contributed by atoms with Crippen LogP contribution in [0.15, 0.2) is 53.7 Å². The van der Waals surface area contributed by atoms with E-state index in [0.717, 1.165) is 56.5 Å². The number of aliphatic imine (C=N–C) groups is 1. The number of rotatable bonds is 6. The van der Waals surface area contributed by atoms with Crippen LogP contribution in [0.3, 0.4) is 0 Å². The van der Waals surface area contributed by atoms with E-state index in [2.05, 4.69) is 38.4 Å². The average molecular weight is 395 g/mol. The highest BCUT2D eigenvalue weighted by molar-refractivity contribution is 5.94. The number of piperazine rings is 1. The van der Waals surface area contributed by atoms with Gasteiger partial charge in [-0.05, 0) is 43.2 Å². The first-order chi connectivity index (χ1) is 14.2. The second-order valence-electron chi connectivity index (χ2n) is 6.93. The molecule has 0 atom stereocenters. The molecule has 1 aliphatic rings. The Kier molecular flexibility index (Phi) is 7.44. The van der Waals surface area contributed by atoms with Crippen molar-refractivity contribution in [1.29, 1.82) is 0 Å². The molecule has 1 fully saturated rings. The molecule has 0 saturated carbocycles. The highest BCUT2D eigenvalue weighted by Crippen LogP contribution is 2.13. The first-order valence-corrected chi connectivity index (χ1v) is 10.2. The number of pyridine rings is 1. The minimum Gasteiger partial charge on any atom is -0.357 e. The summed E-state index contributed by atoms with van der Waals surface area (Å²) >= 11 is 0. The van der Waals surface area contributed by atoms with Crippen LogP contribution in [0.4, 0.5) is 5.82 Å². The van der Waals surface area contributed by atoms with E-state index in [-0.39, 0.29) is 5.91 Å². The monoisotopic (exact) mass is 394 g/mol.